The fraction of sp³-hybridized carbons (Fsp3) is 0.900. The molecule has 0 aromatic carbocycles. The molecular formula is C10H24N4O. The second-order valence-electron chi connectivity index (χ2n) is 4.18. The first-order chi connectivity index (χ1) is 6.97. The molecule has 3 N–H and O–H groups in total. The Labute approximate surface area is 92.6 Å². The van der Waals surface area contributed by atoms with Crippen LogP contribution in [0.1, 0.15) is 6.42 Å². The second-order valence-corrected chi connectivity index (χ2v) is 4.18. The van der Waals surface area contributed by atoms with Crippen molar-refractivity contribution in [2.75, 3.05) is 47.8 Å². The molecule has 5 nitrogen and oxygen atoms in total. The molecule has 0 fully saturated rings. The van der Waals surface area contributed by atoms with Gasteiger partial charge in [0.1, 0.15) is 0 Å². The van der Waals surface area contributed by atoms with Gasteiger partial charge >= 0.3 is 0 Å². The van der Waals surface area contributed by atoms with Crippen LogP contribution in [0.4, 0.5) is 0 Å². The van der Waals surface area contributed by atoms with Crippen LogP contribution in [0.2, 0.25) is 0 Å². The van der Waals surface area contributed by atoms with Crippen molar-refractivity contribution in [1.82, 2.24) is 15.1 Å². The number of nitrogens with one attached hydrogen (secondary N) is 1. The molecule has 0 aliphatic heterocycles. The molecule has 1 amide bonds. The number of carbonyl (C=O) groups excluding carboxylic acids is 1. The quantitative estimate of drug-likeness (QED) is 0.570. The molecule has 1 atom stereocenters. The largest absolute Gasteiger partial charge is 0.349 e. The summed E-state index contributed by atoms with van der Waals surface area (Å²) in [5.74, 6) is 0.114. The summed E-state index contributed by atoms with van der Waals surface area (Å²) < 4.78 is 0. The average molecular weight is 216 g/mol. The molecule has 0 rings (SSSR count). The molecule has 0 aromatic rings. The van der Waals surface area contributed by atoms with Crippen molar-refractivity contribution in [2.24, 2.45) is 5.73 Å². The number of hydrogen-bond donors (Lipinski definition) is 2. The first kappa shape index (κ1) is 14.3. The van der Waals surface area contributed by atoms with Gasteiger partial charge in [0.25, 0.3) is 0 Å². The molecular weight excluding hydrogens is 192 g/mol. The van der Waals surface area contributed by atoms with E-state index < -0.39 is 0 Å². The van der Waals surface area contributed by atoms with Crippen molar-refractivity contribution in [1.29, 1.82) is 0 Å². The Hall–Kier alpha value is -0.650. The zero-order valence-electron chi connectivity index (χ0n) is 10.3. The van der Waals surface area contributed by atoms with E-state index in [2.05, 4.69) is 10.2 Å². The van der Waals surface area contributed by atoms with E-state index in [1.807, 2.05) is 14.1 Å². The number of rotatable bonds is 7. The summed E-state index contributed by atoms with van der Waals surface area (Å²) in [7, 11) is 7.56. The Kier molecular flexibility index (Phi) is 7.29. The minimum absolute atomic E-state index is 0.0832. The van der Waals surface area contributed by atoms with Crippen molar-refractivity contribution in [3.63, 3.8) is 0 Å². The standard InChI is InChI=1S/C10H24N4O/c1-13(2)6-5-12-9(8-11)7-10(15)14(3)4/h9,12H,5-8,11H2,1-4H3. The first-order valence-electron chi connectivity index (χ1n) is 5.25. The number of nitrogens with zero attached hydrogens (tertiary/aromatic N) is 2. The van der Waals surface area contributed by atoms with E-state index in [9.17, 15) is 4.79 Å². The molecule has 1 unspecified atom stereocenters. The van der Waals surface area contributed by atoms with Crippen LogP contribution in [0.15, 0.2) is 0 Å². The summed E-state index contributed by atoms with van der Waals surface area (Å²) in [6, 6.07) is 0.0832. The lowest BCUT2D eigenvalue weighted by Gasteiger charge is -2.20. The van der Waals surface area contributed by atoms with Gasteiger partial charge in [0.05, 0.1) is 0 Å². The van der Waals surface area contributed by atoms with Crippen LogP contribution in [0.3, 0.4) is 0 Å². The van der Waals surface area contributed by atoms with Gasteiger partial charge < -0.3 is 20.9 Å². The molecule has 0 bridgehead atoms. The van der Waals surface area contributed by atoms with Crippen molar-refractivity contribution in [3.8, 4) is 0 Å². The predicted octanol–water partition coefficient (Wildman–Crippen LogP) is -1.06. The fourth-order valence-corrected chi connectivity index (χ4v) is 1.12. The molecule has 0 spiro atoms. The third kappa shape index (κ3) is 7.30. The second kappa shape index (κ2) is 7.62. The van der Waals surface area contributed by atoms with Gasteiger partial charge in [0.15, 0.2) is 0 Å². The average Bonchev–Trinajstić information content (AvgIpc) is 2.15. The highest BCUT2D eigenvalue weighted by atomic mass is 16.2. The predicted molar refractivity (Wildman–Crippen MR) is 62.7 cm³/mol. The minimum atomic E-state index is 0.0832. The summed E-state index contributed by atoms with van der Waals surface area (Å²) in [4.78, 5) is 15.1. The molecule has 0 radical (unpaired) electrons. The Morgan fingerprint density at radius 2 is 1.93 bits per heavy atom. The van der Waals surface area contributed by atoms with Crippen molar-refractivity contribution >= 4 is 5.91 Å². The third-order valence-electron chi connectivity index (χ3n) is 2.20. The highest BCUT2D eigenvalue weighted by Gasteiger charge is 2.12. The van der Waals surface area contributed by atoms with Crippen LogP contribution in [0.25, 0.3) is 0 Å². The Balaban J connectivity index is 3.78. The van der Waals surface area contributed by atoms with Crippen LogP contribution in [0.5, 0.6) is 0 Å². The smallest absolute Gasteiger partial charge is 0.223 e. The van der Waals surface area contributed by atoms with Crippen LogP contribution in [-0.2, 0) is 4.79 Å². The third-order valence-corrected chi connectivity index (χ3v) is 2.20. The number of carbonyl (C=O) groups is 1. The number of hydrogen-bond acceptors (Lipinski definition) is 4. The van der Waals surface area contributed by atoms with Crippen LogP contribution in [0, 0.1) is 0 Å². The Morgan fingerprint density at radius 3 is 2.33 bits per heavy atom. The van der Waals surface area contributed by atoms with E-state index in [-0.39, 0.29) is 11.9 Å². The zero-order chi connectivity index (χ0) is 11.8. The summed E-state index contributed by atoms with van der Waals surface area (Å²) in [5.41, 5.74) is 5.59. The summed E-state index contributed by atoms with van der Waals surface area (Å²) >= 11 is 0. The van der Waals surface area contributed by atoms with Gasteiger partial charge in [-0.2, -0.15) is 0 Å². The van der Waals surface area contributed by atoms with E-state index >= 15 is 0 Å². The Morgan fingerprint density at radius 1 is 1.33 bits per heavy atom. The zero-order valence-corrected chi connectivity index (χ0v) is 10.3. The van der Waals surface area contributed by atoms with E-state index in [1.165, 1.54) is 0 Å². The molecule has 90 valence electrons. The molecule has 0 aliphatic carbocycles. The van der Waals surface area contributed by atoms with E-state index in [0.717, 1.165) is 13.1 Å². The van der Waals surface area contributed by atoms with Gasteiger partial charge in [-0.3, -0.25) is 4.79 Å². The summed E-state index contributed by atoms with van der Waals surface area (Å²) in [6.45, 7) is 2.30. The van der Waals surface area contributed by atoms with Gasteiger partial charge in [-0.05, 0) is 14.1 Å². The first-order valence-corrected chi connectivity index (χ1v) is 5.25. The number of likely N-dealkylation sites (N-methyl/N-ethyl adjacent to an activating group) is 1. The lowest BCUT2D eigenvalue weighted by Crippen LogP contribution is -2.42. The van der Waals surface area contributed by atoms with Crippen molar-refractivity contribution in [3.05, 3.63) is 0 Å². The van der Waals surface area contributed by atoms with E-state index in [1.54, 1.807) is 19.0 Å². The molecule has 5 heteroatoms. The maximum absolute atomic E-state index is 11.4. The molecule has 0 saturated heterocycles. The summed E-state index contributed by atoms with van der Waals surface area (Å²) in [5, 5.41) is 3.27. The van der Waals surface area contributed by atoms with Gasteiger partial charge in [0, 0.05) is 46.2 Å². The van der Waals surface area contributed by atoms with Gasteiger partial charge in [-0.15, -0.1) is 0 Å². The van der Waals surface area contributed by atoms with E-state index in [4.69, 9.17) is 5.73 Å². The molecule has 0 aromatic heterocycles. The van der Waals surface area contributed by atoms with Crippen LogP contribution < -0.4 is 11.1 Å². The lowest BCUT2D eigenvalue weighted by molar-refractivity contribution is -0.129. The maximum atomic E-state index is 11.4. The van der Waals surface area contributed by atoms with Crippen LogP contribution >= 0.6 is 0 Å². The van der Waals surface area contributed by atoms with Crippen molar-refractivity contribution in [2.45, 2.75) is 12.5 Å². The number of amides is 1. The highest BCUT2D eigenvalue weighted by Crippen LogP contribution is 1.93. The summed E-state index contributed by atoms with van der Waals surface area (Å²) in [6.07, 6.45) is 0.469. The van der Waals surface area contributed by atoms with Crippen molar-refractivity contribution < 1.29 is 4.79 Å². The topological polar surface area (TPSA) is 61.6 Å². The normalized spacial score (nSPS) is 12.9. The van der Waals surface area contributed by atoms with Gasteiger partial charge in [-0.1, -0.05) is 0 Å². The monoisotopic (exact) mass is 216 g/mol. The van der Waals surface area contributed by atoms with Gasteiger partial charge in [0.2, 0.25) is 5.91 Å². The molecule has 15 heavy (non-hydrogen) atoms. The molecule has 0 heterocycles. The SMILES string of the molecule is CN(C)CCNC(CN)CC(=O)N(C)C. The van der Waals surface area contributed by atoms with Crippen LogP contribution in [-0.4, -0.2) is 69.6 Å². The maximum Gasteiger partial charge on any atom is 0.223 e. The molecule has 0 saturated carbocycles. The fourth-order valence-electron chi connectivity index (χ4n) is 1.12. The van der Waals surface area contributed by atoms with E-state index in [0.29, 0.717) is 13.0 Å². The lowest BCUT2D eigenvalue weighted by atomic mass is 10.2. The Bertz CT molecular complexity index is 182. The number of nitrogens with two attached hydrogens (primary N) is 1. The molecule has 0 aliphatic rings. The highest BCUT2D eigenvalue weighted by molar-refractivity contribution is 5.76. The van der Waals surface area contributed by atoms with Gasteiger partial charge in [-0.25, -0.2) is 0 Å². The minimum Gasteiger partial charge on any atom is -0.349 e.